The third-order valence-electron chi connectivity index (χ3n) is 11.9. The Labute approximate surface area is 333 Å². The summed E-state index contributed by atoms with van der Waals surface area (Å²) in [5, 5.41) is 10.5. The van der Waals surface area contributed by atoms with Gasteiger partial charge >= 0.3 is 0 Å². The molecule has 0 bridgehead atoms. The second kappa shape index (κ2) is 13.5. The molecule has 0 fully saturated rings. The zero-order valence-electron chi connectivity index (χ0n) is 31.3. The van der Waals surface area contributed by atoms with Gasteiger partial charge in [-0.1, -0.05) is 188 Å². The minimum atomic E-state index is -2.72. The van der Waals surface area contributed by atoms with Crippen molar-refractivity contribution < 1.29 is 0 Å². The van der Waals surface area contributed by atoms with Crippen molar-refractivity contribution in [2.75, 3.05) is 0 Å². The molecule has 11 aromatic rings. The molecule has 57 heavy (non-hydrogen) atoms. The molecule has 9 aromatic carbocycles. The van der Waals surface area contributed by atoms with Crippen LogP contribution in [0.3, 0.4) is 0 Å². The molecule has 0 amide bonds. The Morgan fingerprint density at radius 1 is 0.281 bits per heavy atom. The van der Waals surface area contributed by atoms with Crippen molar-refractivity contribution in [1.29, 1.82) is 0 Å². The van der Waals surface area contributed by atoms with Crippen molar-refractivity contribution in [2.24, 2.45) is 0 Å². The smallest absolute Gasteiger partial charge is 0.179 e. The largest absolute Gasteiger partial charge is 0.309 e. The molecule has 268 valence electrons. The van der Waals surface area contributed by atoms with E-state index in [0.29, 0.717) is 0 Å². The maximum absolute atomic E-state index is 2.72. The molecule has 11 rings (SSSR count). The van der Waals surface area contributed by atoms with Crippen LogP contribution in [0.2, 0.25) is 0 Å². The molecule has 0 saturated heterocycles. The van der Waals surface area contributed by atoms with Gasteiger partial charge in [0.1, 0.15) is 0 Å². The molecular weight excluding hydrogens is 705 g/mol. The molecule has 2 aromatic heterocycles. The molecule has 0 unspecified atom stereocenters. The number of benzene rings is 9. The van der Waals surface area contributed by atoms with Gasteiger partial charge in [0.15, 0.2) is 8.07 Å². The summed E-state index contributed by atoms with van der Waals surface area (Å²) in [5.41, 5.74) is 9.53. The highest BCUT2D eigenvalue weighted by molar-refractivity contribution is 7.20. The summed E-state index contributed by atoms with van der Waals surface area (Å²) in [4.78, 5) is 0. The fourth-order valence-corrected chi connectivity index (χ4v) is 14.2. The normalized spacial score (nSPS) is 11.9. The Kier molecular flexibility index (Phi) is 7.87. The molecule has 3 heteroatoms. The van der Waals surface area contributed by atoms with E-state index in [1.54, 1.807) is 0 Å². The minimum absolute atomic E-state index is 1.14. The summed E-state index contributed by atoms with van der Waals surface area (Å²) in [5.74, 6) is 0. The molecule has 2 nitrogen and oxygen atoms in total. The Balaban J connectivity index is 1.19. The monoisotopic (exact) mass is 742 g/mol. The van der Waals surface area contributed by atoms with Gasteiger partial charge in [0, 0.05) is 32.9 Å². The standard InChI is InChI=1S/C54H38N2Si/c1-6-19-39(20-7-1)46-30-18-32-52-54(46)48-35-33-41(37-53(48)55(52)40-21-8-2-9-22-40)56-50-31-17-16-29-47(50)49-38-45(34-36-51(49)56)57(42-23-10-3-11-24-42,43-25-12-4-13-26-43)44-27-14-5-15-28-44/h1-38H. The van der Waals surface area contributed by atoms with Crippen molar-refractivity contribution >= 4 is 72.4 Å². The lowest BCUT2D eigenvalue weighted by Crippen LogP contribution is -2.74. The van der Waals surface area contributed by atoms with Crippen LogP contribution in [-0.2, 0) is 0 Å². The molecule has 0 N–H and O–H groups in total. The predicted molar refractivity (Wildman–Crippen MR) is 244 cm³/mol. The van der Waals surface area contributed by atoms with Gasteiger partial charge in [-0.25, -0.2) is 0 Å². The van der Waals surface area contributed by atoms with Gasteiger partial charge in [0.05, 0.1) is 22.1 Å². The quantitative estimate of drug-likeness (QED) is 0.114. The van der Waals surface area contributed by atoms with Crippen LogP contribution in [0.15, 0.2) is 231 Å². The van der Waals surface area contributed by atoms with Gasteiger partial charge in [0.25, 0.3) is 0 Å². The highest BCUT2D eigenvalue weighted by Gasteiger charge is 2.41. The third kappa shape index (κ3) is 5.17. The number of rotatable bonds is 7. The Hall–Kier alpha value is -7.20. The first kappa shape index (κ1) is 33.2. The van der Waals surface area contributed by atoms with E-state index in [4.69, 9.17) is 0 Å². The summed E-state index contributed by atoms with van der Waals surface area (Å²) < 4.78 is 4.90. The highest BCUT2D eigenvalue weighted by atomic mass is 28.3. The zero-order valence-corrected chi connectivity index (χ0v) is 32.3. The number of hydrogen-bond donors (Lipinski definition) is 0. The minimum Gasteiger partial charge on any atom is -0.309 e. The van der Waals surface area contributed by atoms with Crippen molar-refractivity contribution in [3.63, 3.8) is 0 Å². The molecule has 0 aliphatic carbocycles. The van der Waals surface area contributed by atoms with Gasteiger partial charge in [0.2, 0.25) is 0 Å². The fourth-order valence-electron chi connectivity index (χ4n) is 9.46. The lowest BCUT2D eigenvalue weighted by Gasteiger charge is -2.34. The second-order valence-electron chi connectivity index (χ2n) is 14.9. The second-order valence-corrected chi connectivity index (χ2v) is 18.7. The van der Waals surface area contributed by atoms with E-state index in [0.717, 1.165) is 11.4 Å². The van der Waals surface area contributed by atoms with Crippen molar-refractivity contribution in [3.05, 3.63) is 231 Å². The third-order valence-corrected chi connectivity index (χ3v) is 16.6. The maximum atomic E-state index is 2.51. The van der Waals surface area contributed by atoms with E-state index < -0.39 is 8.07 Å². The van der Waals surface area contributed by atoms with Gasteiger partial charge in [-0.05, 0) is 74.3 Å². The fraction of sp³-hybridized carbons (Fsp3) is 0. The Morgan fingerprint density at radius 3 is 1.46 bits per heavy atom. The number of aromatic nitrogens is 2. The van der Waals surface area contributed by atoms with E-state index in [1.165, 1.54) is 75.5 Å². The van der Waals surface area contributed by atoms with E-state index in [2.05, 4.69) is 240 Å². The summed E-state index contributed by atoms with van der Waals surface area (Å²) in [6, 6.07) is 85.1. The average Bonchev–Trinajstić information content (AvgIpc) is 3.81. The first-order valence-corrected chi connectivity index (χ1v) is 21.7. The number of para-hydroxylation sites is 2. The molecule has 0 radical (unpaired) electrons. The average molecular weight is 743 g/mol. The summed E-state index contributed by atoms with van der Waals surface area (Å²) in [7, 11) is -2.72. The zero-order chi connectivity index (χ0) is 37.8. The maximum Gasteiger partial charge on any atom is 0.179 e. The molecule has 0 aliphatic rings. The van der Waals surface area contributed by atoms with Crippen LogP contribution in [0.4, 0.5) is 0 Å². The molecule has 0 atom stereocenters. The molecule has 0 aliphatic heterocycles. The molecular formula is C54H38N2Si. The van der Waals surface area contributed by atoms with E-state index >= 15 is 0 Å². The van der Waals surface area contributed by atoms with Crippen LogP contribution in [0.5, 0.6) is 0 Å². The molecule has 0 spiro atoms. The number of fused-ring (bicyclic) bond motifs is 6. The summed E-state index contributed by atoms with van der Waals surface area (Å²) in [6.07, 6.45) is 0. The van der Waals surface area contributed by atoms with Crippen LogP contribution in [0.1, 0.15) is 0 Å². The summed E-state index contributed by atoms with van der Waals surface area (Å²) >= 11 is 0. The van der Waals surface area contributed by atoms with Gasteiger partial charge in [-0.15, -0.1) is 0 Å². The van der Waals surface area contributed by atoms with Crippen LogP contribution >= 0.6 is 0 Å². The lowest BCUT2D eigenvalue weighted by molar-refractivity contribution is 1.15. The summed E-state index contributed by atoms with van der Waals surface area (Å²) in [6.45, 7) is 0. The first-order chi connectivity index (χ1) is 28.3. The van der Waals surface area contributed by atoms with Gasteiger partial charge < -0.3 is 9.13 Å². The Morgan fingerprint density at radius 2 is 0.807 bits per heavy atom. The van der Waals surface area contributed by atoms with E-state index in [-0.39, 0.29) is 0 Å². The van der Waals surface area contributed by atoms with E-state index in [9.17, 15) is 0 Å². The van der Waals surface area contributed by atoms with Crippen molar-refractivity contribution in [1.82, 2.24) is 9.13 Å². The molecule has 2 heterocycles. The van der Waals surface area contributed by atoms with Gasteiger partial charge in [-0.3, -0.25) is 0 Å². The van der Waals surface area contributed by atoms with Crippen LogP contribution in [0.25, 0.3) is 66.1 Å². The molecule has 0 saturated carbocycles. The van der Waals surface area contributed by atoms with Crippen LogP contribution < -0.4 is 20.7 Å². The van der Waals surface area contributed by atoms with E-state index in [1.807, 2.05) is 0 Å². The van der Waals surface area contributed by atoms with Crippen molar-refractivity contribution in [2.45, 2.75) is 0 Å². The van der Waals surface area contributed by atoms with Crippen LogP contribution in [-0.4, -0.2) is 17.2 Å². The van der Waals surface area contributed by atoms with Gasteiger partial charge in [-0.2, -0.15) is 0 Å². The number of hydrogen-bond acceptors (Lipinski definition) is 0. The predicted octanol–water partition coefficient (Wildman–Crippen LogP) is 10.9. The highest BCUT2D eigenvalue weighted by Crippen LogP contribution is 2.40. The van der Waals surface area contributed by atoms with Crippen molar-refractivity contribution in [3.8, 4) is 22.5 Å². The number of nitrogens with zero attached hydrogens (tertiary/aromatic N) is 2. The topological polar surface area (TPSA) is 9.86 Å². The lowest BCUT2D eigenvalue weighted by atomic mass is 9.99. The van der Waals surface area contributed by atoms with Crippen LogP contribution in [0, 0.1) is 0 Å². The first-order valence-electron chi connectivity index (χ1n) is 19.7. The Bertz CT molecular complexity index is 3110. The SMILES string of the molecule is c1ccc(-c2cccc3c2c2ccc(-n4c5ccccc5c5cc([Si](c6ccccc6)(c6ccccc6)c6ccccc6)ccc54)cc2n3-c2ccccc2)cc1.